The molecule has 2 heterocycles. The highest BCUT2D eigenvalue weighted by atomic mass is 19.1. The first-order chi connectivity index (χ1) is 11.5. The number of carbonyl (C=O) groups is 1. The van der Waals surface area contributed by atoms with Gasteiger partial charge in [0, 0.05) is 0 Å². The Kier molecular flexibility index (Phi) is 4.11. The van der Waals surface area contributed by atoms with Gasteiger partial charge in [0.2, 0.25) is 0 Å². The number of ether oxygens (including phenoxy) is 1. The smallest absolute Gasteiger partial charge is 0.328 e. The lowest BCUT2D eigenvalue weighted by Crippen LogP contribution is -2.29. The number of fused-ring (bicyclic) bond motifs is 1. The van der Waals surface area contributed by atoms with Gasteiger partial charge < -0.3 is 4.74 Å². The molecule has 0 aliphatic carbocycles. The highest BCUT2D eigenvalue weighted by molar-refractivity contribution is 5.77. The number of halogens is 1. The predicted molar refractivity (Wildman–Crippen MR) is 84.4 cm³/mol. The van der Waals surface area contributed by atoms with Crippen LogP contribution in [0.3, 0.4) is 0 Å². The molecule has 0 spiro atoms. The minimum Gasteiger partial charge on any atom is -0.464 e. The third kappa shape index (κ3) is 2.66. The fraction of sp³-hybridized carbons (Fsp3) is 0.250. The monoisotopic (exact) mass is 330 g/mol. The van der Waals surface area contributed by atoms with Crippen molar-refractivity contribution in [3.8, 4) is 5.69 Å². The van der Waals surface area contributed by atoms with Gasteiger partial charge in [-0.3, -0.25) is 9.36 Å². The largest absolute Gasteiger partial charge is 0.464 e. The average Bonchev–Trinajstić information content (AvgIpc) is 3.00. The highest BCUT2D eigenvalue weighted by Crippen LogP contribution is 2.15. The first kappa shape index (κ1) is 15.9. The van der Waals surface area contributed by atoms with Crippen LogP contribution in [0.4, 0.5) is 4.39 Å². The van der Waals surface area contributed by atoms with Crippen molar-refractivity contribution in [3.63, 3.8) is 0 Å². The van der Waals surface area contributed by atoms with Crippen molar-refractivity contribution in [3.05, 3.63) is 53.0 Å². The van der Waals surface area contributed by atoms with E-state index in [9.17, 15) is 14.0 Å². The SMILES string of the molecule is CCOC(=O)C(C)n1cnc2c(cnn2-c2ccc(F)cc2)c1=O. The maximum Gasteiger partial charge on any atom is 0.328 e. The molecule has 0 saturated heterocycles. The normalized spacial score (nSPS) is 12.3. The molecule has 8 heteroatoms. The molecule has 1 unspecified atom stereocenters. The van der Waals surface area contributed by atoms with Crippen LogP contribution >= 0.6 is 0 Å². The van der Waals surface area contributed by atoms with Gasteiger partial charge in [-0.15, -0.1) is 0 Å². The van der Waals surface area contributed by atoms with Crippen molar-refractivity contribution < 1.29 is 13.9 Å². The third-order valence-electron chi connectivity index (χ3n) is 3.63. The van der Waals surface area contributed by atoms with Crippen LogP contribution in [-0.4, -0.2) is 31.9 Å². The van der Waals surface area contributed by atoms with E-state index in [-0.39, 0.29) is 17.8 Å². The van der Waals surface area contributed by atoms with E-state index >= 15 is 0 Å². The molecule has 0 aliphatic heterocycles. The Morgan fingerprint density at radius 1 is 1.33 bits per heavy atom. The highest BCUT2D eigenvalue weighted by Gasteiger charge is 2.20. The molecule has 0 aliphatic rings. The molecule has 24 heavy (non-hydrogen) atoms. The van der Waals surface area contributed by atoms with Gasteiger partial charge in [0.1, 0.15) is 23.6 Å². The topological polar surface area (TPSA) is 79.0 Å². The van der Waals surface area contributed by atoms with Gasteiger partial charge in [-0.25, -0.2) is 18.9 Å². The molecule has 1 aromatic carbocycles. The summed E-state index contributed by atoms with van der Waals surface area (Å²) in [6.45, 7) is 3.50. The average molecular weight is 330 g/mol. The van der Waals surface area contributed by atoms with Crippen LogP contribution < -0.4 is 5.56 Å². The van der Waals surface area contributed by atoms with Crippen molar-refractivity contribution in [2.75, 3.05) is 6.61 Å². The lowest BCUT2D eigenvalue weighted by atomic mass is 10.3. The summed E-state index contributed by atoms with van der Waals surface area (Å²) in [5.41, 5.74) is 0.516. The Hall–Kier alpha value is -3.03. The molecular weight excluding hydrogens is 315 g/mol. The van der Waals surface area contributed by atoms with Crippen LogP contribution in [0.25, 0.3) is 16.7 Å². The molecule has 0 saturated carbocycles. The summed E-state index contributed by atoms with van der Waals surface area (Å²) in [6, 6.07) is 4.88. The van der Waals surface area contributed by atoms with E-state index < -0.39 is 17.6 Å². The van der Waals surface area contributed by atoms with Gasteiger partial charge in [-0.1, -0.05) is 0 Å². The van der Waals surface area contributed by atoms with Gasteiger partial charge >= 0.3 is 5.97 Å². The summed E-state index contributed by atoms with van der Waals surface area (Å²) >= 11 is 0. The van der Waals surface area contributed by atoms with Gasteiger partial charge in [-0.2, -0.15) is 5.10 Å². The standard InChI is InChI=1S/C16H15FN4O3/c1-3-24-16(23)10(2)20-9-18-14-13(15(20)22)8-19-21(14)12-6-4-11(17)5-7-12/h4-10H,3H2,1-2H3. The second-order valence-electron chi connectivity index (χ2n) is 5.16. The minimum absolute atomic E-state index is 0.232. The van der Waals surface area contributed by atoms with Gasteiger partial charge in [0.25, 0.3) is 5.56 Å². The van der Waals surface area contributed by atoms with Crippen LogP contribution in [0.15, 0.2) is 41.6 Å². The number of carbonyl (C=O) groups excluding carboxylic acids is 1. The minimum atomic E-state index is -0.788. The van der Waals surface area contributed by atoms with Crippen LogP contribution in [0, 0.1) is 5.82 Å². The van der Waals surface area contributed by atoms with E-state index in [1.165, 1.54) is 46.0 Å². The molecular formula is C16H15FN4O3. The van der Waals surface area contributed by atoms with E-state index in [1.807, 2.05) is 0 Å². The first-order valence-corrected chi connectivity index (χ1v) is 7.40. The number of hydrogen-bond donors (Lipinski definition) is 0. The molecule has 1 atom stereocenters. The van der Waals surface area contributed by atoms with Gasteiger partial charge in [-0.05, 0) is 38.1 Å². The number of benzene rings is 1. The van der Waals surface area contributed by atoms with E-state index in [0.29, 0.717) is 11.3 Å². The molecule has 0 N–H and O–H groups in total. The molecule has 3 rings (SSSR count). The predicted octanol–water partition coefficient (Wildman–Crippen LogP) is 1.85. The second kappa shape index (κ2) is 6.23. The van der Waals surface area contributed by atoms with Crippen LogP contribution in [0.2, 0.25) is 0 Å². The van der Waals surface area contributed by atoms with E-state index in [0.717, 1.165) is 0 Å². The summed E-state index contributed by atoms with van der Waals surface area (Å²) in [4.78, 5) is 28.6. The Bertz CT molecular complexity index is 946. The molecule has 0 amide bonds. The Balaban J connectivity index is 2.07. The van der Waals surface area contributed by atoms with Gasteiger partial charge in [0.05, 0.1) is 18.5 Å². The maximum atomic E-state index is 13.0. The van der Waals surface area contributed by atoms with Gasteiger partial charge in [0.15, 0.2) is 5.65 Å². The molecule has 3 aromatic rings. The fourth-order valence-electron chi connectivity index (χ4n) is 2.35. The van der Waals surface area contributed by atoms with E-state index in [4.69, 9.17) is 4.74 Å². The summed E-state index contributed by atoms with van der Waals surface area (Å²) < 4.78 is 20.6. The Labute approximate surface area is 136 Å². The Morgan fingerprint density at radius 2 is 2.04 bits per heavy atom. The van der Waals surface area contributed by atoms with Crippen molar-refractivity contribution in [2.45, 2.75) is 19.9 Å². The van der Waals surface area contributed by atoms with Crippen molar-refractivity contribution in [1.82, 2.24) is 19.3 Å². The summed E-state index contributed by atoms with van der Waals surface area (Å²) in [5.74, 6) is -0.875. The zero-order valence-electron chi connectivity index (χ0n) is 13.1. The number of hydrogen-bond acceptors (Lipinski definition) is 5. The summed E-state index contributed by atoms with van der Waals surface area (Å²) in [6.07, 6.45) is 2.66. The summed E-state index contributed by atoms with van der Waals surface area (Å²) in [5, 5.41) is 4.40. The number of aromatic nitrogens is 4. The van der Waals surface area contributed by atoms with Crippen molar-refractivity contribution in [2.24, 2.45) is 0 Å². The molecule has 0 fully saturated rings. The first-order valence-electron chi connectivity index (χ1n) is 7.40. The Morgan fingerprint density at radius 3 is 2.71 bits per heavy atom. The summed E-state index contributed by atoms with van der Waals surface area (Å²) in [7, 11) is 0. The quantitative estimate of drug-likeness (QED) is 0.682. The van der Waals surface area contributed by atoms with Crippen molar-refractivity contribution >= 4 is 17.0 Å². The molecule has 124 valence electrons. The molecule has 0 bridgehead atoms. The van der Waals surface area contributed by atoms with Crippen LogP contribution in [-0.2, 0) is 9.53 Å². The van der Waals surface area contributed by atoms with E-state index in [1.54, 1.807) is 13.8 Å². The zero-order chi connectivity index (χ0) is 17.3. The lowest BCUT2D eigenvalue weighted by molar-refractivity contribution is -0.146. The number of nitrogens with zero attached hydrogens (tertiary/aromatic N) is 4. The molecule has 0 radical (unpaired) electrons. The molecule has 2 aromatic heterocycles. The van der Waals surface area contributed by atoms with Crippen LogP contribution in [0.1, 0.15) is 19.9 Å². The van der Waals surface area contributed by atoms with Crippen LogP contribution in [0.5, 0.6) is 0 Å². The molecule has 7 nitrogen and oxygen atoms in total. The number of rotatable bonds is 4. The lowest BCUT2D eigenvalue weighted by Gasteiger charge is -2.13. The van der Waals surface area contributed by atoms with E-state index in [2.05, 4.69) is 10.1 Å². The van der Waals surface area contributed by atoms with Crippen molar-refractivity contribution in [1.29, 1.82) is 0 Å². The third-order valence-corrected chi connectivity index (χ3v) is 3.63. The number of esters is 1. The zero-order valence-corrected chi connectivity index (χ0v) is 13.1. The fourth-order valence-corrected chi connectivity index (χ4v) is 2.35. The maximum absolute atomic E-state index is 13.0. The second-order valence-corrected chi connectivity index (χ2v) is 5.16.